The van der Waals surface area contributed by atoms with Gasteiger partial charge in [0.15, 0.2) is 5.78 Å². The Morgan fingerprint density at radius 3 is 2.41 bits per heavy atom. The first-order chi connectivity index (χ1) is 10.8. The molecule has 0 spiro atoms. The van der Waals surface area contributed by atoms with Crippen molar-refractivity contribution in [3.05, 3.63) is 96.3 Å². The molecular weight excluding hydrogens is 270 g/mol. The predicted molar refractivity (Wildman–Crippen MR) is 89.5 cm³/mol. The average Bonchev–Trinajstić information content (AvgIpc) is 2.61. The molecule has 0 N–H and O–H groups in total. The van der Waals surface area contributed by atoms with Crippen molar-refractivity contribution in [2.45, 2.75) is 0 Å². The zero-order chi connectivity index (χ0) is 15.2. The summed E-state index contributed by atoms with van der Waals surface area (Å²) in [6.45, 7) is 0. The van der Waals surface area contributed by atoms with Crippen LogP contribution in [0, 0.1) is 0 Å². The van der Waals surface area contributed by atoms with E-state index in [0.29, 0.717) is 5.56 Å². The zero-order valence-corrected chi connectivity index (χ0v) is 12.0. The van der Waals surface area contributed by atoms with Gasteiger partial charge in [-0.1, -0.05) is 66.7 Å². The van der Waals surface area contributed by atoms with Crippen molar-refractivity contribution in [3.63, 3.8) is 0 Å². The maximum atomic E-state index is 12.2. The number of ketones is 1. The molecule has 0 saturated carbocycles. The molecule has 0 aliphatic carbocycles. The number of benzene rings is 2. The molecule has 0 fully saturated rings. The summed E-state index contributed by atoms with van der Waals surface area (Å²) in [6.07, 6.45) is 7.05. The number of pyridine rings is 1. The SMILES string of the molecule is O=C(C=Cc1ccccc1-c1cccnc1)c1ccccc1. The third-order valence-corrected chi connectivity index (χ3v) is 3.41. The standard InChI is InChI=1S/C20H15NO/c22-20(17-8-2-1-3-9-17)13-12-16-7-4-5-11-19(16)18-10-6-14-21-15-18/h1-15H. The highest BCUT2D eigenvalue weighted by molar-refractivity contribution is 6.07. The number of hydrogen-bond acceptors (Lipinski definition) is 2. The summed E-state index contributed by atoms with van der Waals surface area (Å²) >= 11 is 0. The van der Waals surface area contributed by atoms with E-state index in [1.165, 1.54) is 0 Å². The maximum Gasteiger partial charge on any atom is 0.185 e. The number of aromatic nitrogens is 1. The highest BCUT2D eigenvalue weighted by Gasteiger charge is 2.03. The maximum absolute atomic E-state index is 12.2. The fourth-order valence-electron chi connectivity index (χ4n) is 2.29. The first-order valence-electron chi connectivity index (χ1n) is 7.11. The average molecular weight is 285 g/mol. The van der Waals surface area contributed by atoms with Crippen LogP contribution >= 0.6 is 0 Å². The van der Waals surface area contributed by atoms with Crippen LogP contribution in [0.15, 0.2) is 85.2 Å². The third kappa shape index (κ3) is 3.18. The third-order valence-electron chi connectivity index (χ3n) is 3.41. The van der Waals surface area contributed by atoms with E-state index < -0.39 is 0 Å². The molecular formula is C20H15NO. The molecule has 0 aliphatic rings. The summed E-state index contributed by atoms with van der Waals surface area (Å²) in [6, 6.07) is 21.2. The van der Waals surface area contributed by atoms with E-state index in [2.05, 4.69) is 4.98 Å². The van der Waals surface area contributed by atoms with Crippen molar-refractivity contribution in [1.82, 2.24) is 4.98 Å². The van der Waals surface area contributed by atoms with Crippen LogP contribution in [0.4, 0.5) is 0 Å². The van der Waals surface area contributed by atoms with Crippen molar-refractivity contribution < 1.29 is 4.79 Å². The summed E-state index contributed by atoms with van der Waals surface area (Å²) in [7, 11) is 0. The minimum Gasteiger partial charge on any atom is -0.289 e. The lowest BCUT2D eigenvalue weighted by Gasteiger charge is -2.05. The summed E-state index contributed by atoms with van der Waals surface area (Å²) in [4.78, 5) is 16.3. The Labute approximate surface area is 129 Å². The van der Waals surface area contributed by atoms with Crippen molar-refractivity contribution in [2.75, 3.05) is 0 Å². The molecule has 0 saturated heterocycles. The summed E-state index contributed by atoms with van der Waals surface area (Å²) in [5.74, 6) is 0.00147. The second-order valence-corrected chi connectivity index (χ2v) is 4.89. The summed E-state index contributed by atoms with van der Waals surface area (Å²) in [5.41, 5.74) is 3.79. The van der Waals surface area contributed by atoms with Crippen LogP contribution < -0.4 is 0 Å². The molecule has 0 unspecified atom stereocenters. The van der Waals surface area contributed by atoms with E-state index in [-0.39, 0.29) is 5.78 Å². The molecule has 0 radical (unpaired) electrons. The molecule has 0 amide bonds. The lowest BCUT2D eigenvalue weighted by Crippen LogP contribution is -1.93. The monoisotopic (exact) mass is 285 g/mol. The van der Waals surface area contributed by atoms with Crippen LogP contribution in [-0.2, 0) is 0 Å². The lowest BCUT2D eigenvalue weighted by atomic mass is 10.00. The van der Waals surface area contributed by atoms with Gasteiger partial charge in [-0.25, -0.2) is 0 Å². The quantitative estimate of drug-likeness (QED) is 0.516. The molecule has 22 heavy (non-hydrogen) atoms. The minimum absolute atomic E-state index is 0.00147. The Balaban J connectivity index is 1.90. The van der Waals surface area contributed by atoms with E-state index >= 15 is 0 Å². The Bertz CT molecular complexity index is 792. The van der Waals surface area contributed by atoms with E-state index in [0.717, 1.165) is 16.7 Å². The van der Waals surface area contributed by atoms with Crippen LogP contribution in [0.1, 0.15) is 15.9 Å². The van der Waals surface area contributed by atoms with Gasteiger partial charge in [-0.2, -0.15) is 0 Å². The fraction of sp³-hybridized carbons (Fsp3) is 0. The van der Waals surface area contributed by atoms with Crippen LogP contribution in [0.2, 0.25) is 0 Å². The highest BCUT2D eigenvalue weighted by atomic mass is 16.1. The molecule has 3 rings (SSSR count). The molecule has 0 atom stereocenters. The van der Waals surface area contributed by atoms with Crippen LogP contribution in [0.25, 0.3) is 17.2 Å². The number of nitrogens with zero attached hydrogens (tertiary/aromatic N) is 1. The number of carbonyl (C=O) groups is 1. The van der Waals surface area contributed by atoms with Gasteiger partial charge in [0.05, 0.1) is 0 Å². The molecule has 1 aromatic heterocycles. The molecule has 2 heteroatoms. The van der Waals surface area contributed by atoms with Crippen molar-refractivity contribution >= 4 is 11.9 Å². The van der Waals surface area contributed by atoms with E-state index in [1.54, 1.807) is 12.3 Å². The normalized spacial score (nSPS) is 10.7. The number of rotatable bonds is 4. The zero-order valence-electron chi connectivity index (χ0n) is 12.0. The smallest absolute Gasteiger partial charge is 0.185 e. The van der Waals surface area contributed by atoms with Gasteiger partial charge >= 0.3 is 0 Å². The van der Waals surface area contributed by atoms with Gasteiger partial charge in [0.25, 0.3) is 0 Å². The van der Waals surface area contributed by atoms with Gasteiger partial charge in [0, 0.05) is 23.5 Å². The first kappa shape index (κ1) is 14.0. The topological polar surface area (TPSA) is 30.0 Å². The van der Waals surface area contributed by atoms with E-state index in [4.69, 9.17) is 0 Å². The minimum atomic E-state index is 0.00147. The van der Waals surface area contributed by atoms with Crippen molar-refractivity contribution in [2.24, 2.45) is 0 Å². The van der Waals surface area contributed by atoms with Gasteiger partial charge in [-0.3, -0.25) is 9.78 Å². The van der Waals surface area contributed by atoms with E-state index in [9.17, 15) is 4.79 Å². The lowest BCUT2D eigenvalue weighted by molar-refractivity contribution is 0.104. The second kappa shape index (κ2) is 6.64. The molecule has 0 bridgehead atoms. The predicted octanol–water partition coefficient (Wildman–Crippen LogP) is 4.64. The highest BCUT2D eigenvalue weighted by Crippen LogP contribution is 2.23. The summed E-state index contributed by atoms with van der Waals surface area (Å²) in [5, 5.41) is 0. The van der Waals surface area contributed by atoms with Crippen LogP contribution in [0.3, 0.4) is 0 Å². The number of hydrogen-bond donors (Lipinski definition) is 0. The second-order valence-electron chi connectivity index (χ2n) is 4.89. The van der Waals surface area contributed by atoms with Crippen molar-refractivity contribution in [3.8, 4) is 11.1 Å². The first-order valence-corrected chi connectivity index (χ1v) is 7.11. The Hall–Kier alpha value is -3.00. The fourth-order valence-corrected chi connectivity index (χ4v) is 2.29. The molecule has 0 aliphatic heterocycles. The van der Waals surface area contributed by atoms with Crippen molar-refractivity contribution in [1.29, 1.82) is 0 Å². The van der Waals surface area contributed by atoms with Crippen LogP contribution in [0.5, 0.6) is 0 Å². The van der Waals surface area contributed by atoms with Gasteiger partial charge in [0.1, 0.15) is 0 Å². The molecule has 2 aromatic carbocycles. The van der Waals surface area contributed by atoms with Crippen LogP contribution in [-0.4, -0.2) is 10.8 Å². The molecule has 1 heterocycles. The van der Waals surface area contributed by atoms with Gasteiger partial charge < -0.3 is 0 Å². The van der Waals surface area contributed by atoms with Gasteiger partial charge in [0.2, 0.25) is 0 Å². The molecule has 3 aromatic rings. The number of carbonyl (C=O) groups excluding carboxylic acids is 1. The van der Waals surface area contributed by atoms with Gasteiger partial charge in [-0.05, 0) is 23.3 Å². The Morgan fingerprint density at radius 2 is 1.64 bits per heavy atom. The molecule has 2 nitrogen and oxygen atoms in total. The molecule has 106 valence electrons. The summed E-state index contributed by atoms with van der Waals surface area (Å²) < 4.78 is 0. The largest absolute Gasteiger partial charge is 0.289 e. The Morgan fingerprint density at radius 1 is 0.864 bits per heavy atom. The number of allylic oxidation sites excluding steroid dienone is 1. The van der Waals surface area contributed by atoms with E-state index in [1.807, 2.05) is 79.0 Å². The Kier molecular flexibility index (Phi) is 4.21. The van der Waals surface area contributed by atoms with Gasteiger partial charge in [-0.15, -0.1) is 0 Å².